The number of primary amides is 1. The van der Waals surface area contributed by atoms with Gasteiger partial charge in [0.15, 0.2) is 0 Å². The molecule has 1 amide bonds. The van der Waals surface area contributed by atoms with Crippen molar-refractivity contribution >= 4 is 11.9 Å². The summed E-state index contributed by atoms with van der Waals surface area (Å²) < 4.78 is 0. The zero-order valence-electron chi connectivity index (χ0n) is 9.19. The fourth-order valence-electron chi connectivity index (χ4n) is 1.56. The molecule has 1 fully saturated rings. The van der Waals surface area contributed by atoms with Gasteiger partial charge in [-0.3, -0.25) is 14.5 Å². The predicted molar refractivity (Wildman–Crippen MR) is 55.2 cm³/mol. The second-order valence-electron chi connectivity index (χ2n) is 4.68. The molecule has 1 heterocycles. The van der Waals surface area contributed by atoms with E-state index >= 15 is 0 Å². The Morgan fingerprint density at radius 2 is 2.13 bits per heavy atom. The first-order chi connectivity index (χ1) is 6.84. The van der Waals surface area contributed by atoms with Crippen LogP contribution in [0.5, 0.6) is 0 Å². The van der Waals surface area contributed by atoms with Crippen molar-refractivity contribution in [1.82, 2.24) is 4.90 Å². The van der Waals surface area contributed by atoms with E-state index in [1.54, 1.807) is 13.8 Å². The molecule has 3 N–H and O–H groups in total. The number of likely N-dealkylation sites (tertiary alicyclic amines) is 1. The highest BCUT2D eigenvalue weighted by Crippen LogP contribution is 2.24. The van der Waals surface area contributed by atoms with E-state index in [1.807, 2.05) is 4.90 Å². The lowest BCUT2D eigenvalue weighted by Gasteiger charge is -2.39. The summed E-state index contributed by atoms with van der Waals surface area (Å²) in [7, 11) is 0. The van der Waals surface area contributed by atoms with Crippen LogP contribution in [0.1, 0.15) is 26.7 Å². The molecule has 1 atom stereocenters. The van der Waals surface area contributed by atoms with Gasteiger partial charge in [-0.1, -0.05) is 0 Å². The highest BCUT2D eigenvalue weighted by molar-refractivity contribution is 5.80. The second kappa shape index (κ2) is 4.18. The maximum absolute atomic E-state index is 10.9. The molecule has 0 spiro atoms. The molecule has 0 aromatic heterocycles. The summed E-state index contributed by atoms with van der Waals surface area (Å²) in [6, 6.07) is -0.186. The highest BCUT2D eigenvalue weighted by Gasteiger charge is 2.35. The smallest absolute Gasteiger partial charge is 0.309 e. The average Bonchev–Trinajstić information content (AvgIpc) is 2.00. The highest BCUT2D eigenvalue weighted by atomic mass is 16.4. The van der Waals surface area contributed by atoms with Crippen molar-refractivity contribution in [2.24, 2.45) is 11.1 Å². The average molecular weight is 214 g/mol. The lowest BCUT2D eigenvalue weighted by atomic mass is 9.88. The Kier molecular flexibility index (Phi) is 3.34. The van der Waals surface area contributed by atoms with Gasteiger partial charge in [0.05, 0.1) is 11.5 Å². The fraction of sp³-hybridized carbons (Fsp3) is 0.800. The molecule has 1 unspecified atom stereocenters. The Balaban J connectivity index is 2.38. The number of carbonyl (C=O) groups excluding carboxylic acids is 1. The maximum Gasteiger partial charge on any atom is 0.309 e. The SMILES string of the molecule is CC(C)(CCN1CCC1C(N)=O)C(=O)O. The summed E-state index contributed by atoms with van der Waals surface area (Å²) in [5.41, 5.74) is 4.45. The van der Waals surface area contributed by atoms with Crippen LogP contribution in [0.15, 0.2) is 0 Å². The standard InChI is InChI=1S/C10H18N2O3/c1-10(2,9(14)15)4-6-12-5-3-7(12)8(11)13/h7H,3-6H2,1-2H3,(H2,11,13)(H,14,15). The topological polar surface area (TPSA) is 83.6 Å². The molecule has 1 aliphatic rings. The third-order valence-electron chi connectivity index (χ3n) is 3.06. The minimum absolute atomic E-state index is 0.186. The van der Waals surface area contributed by atoms with Gasteiger partial charge in [0, 0.05) is 6.54 Å². The van der Waals surface area contributed by atoms with Gasteiger partial charge in [0.1, 0.15) is 0 Å². The molecule has 5 heteroatoms. The van der Waals surface area contributed by atoms with Gasteiger partial charge in [-0.2, -0.15) is 0 Å². The summed E-state index contributed by atoms with van der Waals surface area (Å²) in [4.78, 5) is 23.7. The first-order valence-corrected chi connectivity index (χ1v) is 5.11. The number of carboxylic acids is 1. The molecular weight excluding hydrogens is 196 g/mol. The van der Waals surface area contributed by atoms with Gasteiger partial charge in [0.2, 0.25) is 5.91 Å². The van der Waals surface area contributed by atoms with E-state index < -0.39 is 11.4 Å². The van der Waals surface area contributed by atoms with E-state index in [4.69, 9.17) is 10.8 Å². The van der Waals surface area contributed by atoms with Crippen molar-refractivity contribution in [2.45, 2.75) is 32.7 Å². The number of rotatable bonds is 5. The number of nitrogens with zero attached hydrogens (tertiary/aromatic N) is 1. The molecule has 0 aromatic rings. The van der Waals surface area contributed by atoms with Crippen molar-refractivity contribution in [3.63, 3.8) is 0 Å². The van der Waals surface area contributed by atoms with Crippen LogP contribution in [0.3, 0.4) is 0 Å². The van der Waals surface area contributed by atoms with Gasteiger partial charge >= 0.3 is 5.97 Å². The van der Waals surface area contributed by atoms with Crippen molar-refractivity contribution in [3.8, 4) is 0 Å². The van der Waals surface area contributed by atoms with Crippen molar-refractivity contribution < 1.29 is 14.7 Å². The van der Waals surface area contributed by atoms with Crippen molar-refractivity contribution in [3.05, 3.63) is 0 Å². The van der Waals surface area contributed by atoms with E-state index in [9.17, 15) is 9.59 Å². The first kappa shape index (κ1) is 12.0. The Bertz CT molecular complexity index is 276. The van der Waals surface area contributed by atoms with Crippen LogP contribution in [0.4, 0.5) is 0 Å². The zero-order chi connectivity index (χ0) is 11.6. The van der Waals surface area contributed by atoms with Crippen LogP contribution in [-0.4, -0.2) is 41.0 Å². The molecule has 1 saturated heterocycles. The van der Waals surface area contributed by atoms with Crippen molar-refractivity contribution in [2.75, 3.05) is 13.1 Å². The van der Waals surface area contributed by atoms with Gasteiger partial charge in [0.25, 0.3) is 0 Å². The lowest BCUT2D eigenvalue weighted by Crippen LogP contribution is -2.55. The molecule has 1 rings (SSSR count). The lowest BCUT2D eigenvalue weighted by molar-refractivity contribution is -0.147. The summed E-state index contributed by atoms with van der Waals surface area (Å²) >= 11 is 0. The normalized spacial score (nSPS) is 22.1. The van der Waals surface area contributed by atoms with Gasteiger partial charge in [-0.25, -0.2) is 0 Å². The fourth-order valence-corrected chi connectivity index (χ4v) is 1.56. The first-order valence-electron chi connectivity index (χ1n) is 5.11. The number of carbonyl (C=O) groups is 2. The summed E-state index contributed by atoms with van der Waals surface area (Å²) in [5.74, 6) is -1.12. The van der Waals surface area contributed by atoms with Gasteiger partial charge in [-0.15, -0.1) is 0 Å². The second-order valence-corrected chi connectivity index (χ2v) is 4.68. The number of hydrogen-bond donors (Lipinski definition) is 2. The number of aliphatic carboxylic acids is 1. The van der Waals surface area contributed by atoms with Gasteiger partial charge < -0.3 is 10.8 Å². The molecule has 0 radical (unpaired) electrons. The van der Waals surface area contributed by atoms with Gasteiger partial charge in [-0.05, 0) is 33.2 Å². The molecule has 0 bridgehead atoms. The third kappa shape index (κ3) is 2.68. The van der Waals surface area contributed by atoms with E-state index in [-0.39, 0.29) is 11.9 Å². The van der Waals surface area contributed by atoms with E-state index in [1.165, 1.54) is 0 Å². The molecule has 1 aliphatic heterocycles. The Hall–Kier alpha value is -1.10. The monoisotopic (exact) mass is 214 g/mol. The number of hydrogen-bond acceptors (Lipinski definition) is 3. The Morgan fingerprint density at radius 1 is 1.53 bits per heavy atom. The molecule has 86 valence electrons. The Labute approximate surface area is 89.2 Å². The Morgan fingerprint density at radius 3 is 2.47 bits per heavy atom. The number of amides is 1. The molecule has 15 heavy (non-hydrogen) atoms. The summed E-state index contributed by atoms with van der Waals surface area (Å²) in [6.07, 6.45) is 1.33. The van der Waals surface area contributed by atoms with E-state index in [0.29, 0.717) is 13.0 Å². The van der Waals surface area contributed by atoms with Crippen LogP contribution in [0.25, 0.3) is 0 Å². The van der Waals surface area contributed by atoms with E-state index in [2.05, 4.69) is 0 Å². The molecule has 0 saturated carbocycles. The molecular formula is C10H18N2O3. The third-order valence-corrected chi connectivity index (χ3v) is 3.06. The molecule has 0 aromatic carbocycles. The van der Waals surface area contributed by atoms with Crippen LogP contribution in [-0.2, 0) is 9.59 Å². The minimum atomic E-state index is -0.807. The number of nitrogens with two attached hydrogens (primary N) is 1. The molecule has 5 nitrogen and oxygen atoms in total. The van der Waals surface area contributed by atoms with Crippen LogP contribution >= 0.6 is 0 Å². The molecule has 0 aliphatic carbocycles. The van der Waals surface area contributed by atoms with Crippen LogP contribution in [0.2, 0.25) is 0 Å². The van der Waals surface area contributed by atoms with Crippen LogP contribution < -0.4 is 5.73 Å². The minimum Gasteiger partial charge on any atom is -0.481 e. The summed E-state index contributed by atoms with van der Waals surface area (Å²) in [5, 5.41) is 8.91. The summed E-state index contributed by atoms with van der Waals surface area (Å²) in [6.45, 7) is 4.83. The van der Waals surface area contributed by atoms with Crippen molar-refractivity contribution in [1.29, 1.82) is 0 Å². The van der Waals surface area contributed by atoms with Crippen LogP contribution in [0, 0.1) is 5.41 Å². The zero-order valence-corrected chi connectivity index (χ0v) is 9.19. The maximum atomic E-state index is 10.9. The largest absolute Gasteiger partial charge is 0.481 e. The predicted octanol–water partition coefficient (Wildman–Crippen LogP) is 0.0469. The van der Waals surface area contributed by atoms with E-state index in [0.717, 1.165) is 13.0 Å². The quantitative estimate of drug-likeness (QED) is 0.677. The number of carboxylic acid groups (broad SMARTS) is 1.